The number of non-ortho nitro benzene ring substituents is 1. The standard InChI is InChI=1S/C10H7NO8S2.Mg.2H/c12-11(13)6-4-8-7(10(5-6)21(17,18)19)2-1-3-9(8)20(14,15)16;;;/h1-5H,(H,14,15,16)(H,17,18,19);;;. The van der Waals surface area contributed by atoms with E-state index in [1.54, 1.807) is 0 Å². The Kier molecular flexibility index (Phi) is 5.16. The van der Waals surface area contributed by atoms with Crippen LogP contribution in [0.5, 0.6) is 0 Å². The van der Waals surface area contributed by atoms with Gasteiger partial charge in [-0.25, -0.2) is 0 Å². The van der Waals surface area contributed by atoms with Gasteiger partial charge in [0.25, 0.3) is 25.9 Å². The maximum atomic E-state index is 11.3. The summed E-state index contributed by atoms with van der Waals surface area (Å²) in [6.45, 7) is 0. The fourth-order valence-electron chi connectivity index (χ4n) is 1.85. The molecular weight excluding hydrogens is 351 g/mol. The third-order valence-electron chi connectivity index (χ3n) is 2.67. The first kappa shape index (κ1) is 18.7. The van der Waals surface area contributed by atoms with Crippen molar-refractivity contribution in [3.05, 3.63) is 40.4 Å². The Hall–Kier alpha value is -1.31. The summed E-state index contributed by atoms with van der Waals surface area (Å²) in [5, 5.41) is 10.1. The van der Waals surface area contributed by atoms with Crippen LogP contribution in [0.3, 0.4) is 0 Å². The molecule has 116 valence electrons. The summed E-state index contributed by atoms with van der Waals surface area (Å²) in [6, 6.07) is 4.64. The van der Waals surface area contributed by atoms with Crippen LogP contribution in [0.4, 0.5) is 5.69 Å². The van der Waals surface area contributed by atoms with E-state index in [1.807, 2.05) is 0 Å². The molecule has 2 N–H and O–H groups in total. The molecule has 2 rings (SSSR count). The lowest BCUT2D eigenvalue weighted by atomic mass is 10.1. The van der Waals surface area contributed by atoms with E-state index in [0.29, 0.717) is 6.07 Å². The lowest BCUT2D eigenvalue weighted by molar-refractivity contribution is -0.384. The first-order valence-corrected chi connectivity index (χ1v) is 8.06. The number of benzene rings is 2. The van der Waals surface area contributed by atoms with Crippen LogP contribution < -0.4 is 0 Å². The lowest BCUT2D eigenvalue weighted by Crippen LogP contribution is -2.04. The second kappa shape index (κ2) is 6.06. The van der Waals surface area contributed by atoms with Crippen molar-refractivity contribution >= 4 is 59.7 Å². The molecule has 12 heteroatoms. The van der Waals surface area contributed by atoms with Gasteiger partial charge >= 0.3 is 23.1 Å². The molecule has 0 aliphatic rings. The van der Waals surface area contributed by atoms with Crippen LogP contribution >= 0.6 is 0 Å². The summed E-state index contributed by atoms with van der Waals surface area (Å²) < 4.78 is 63.4. The average molecular weight is 360 g/mol. The van der Waals surface area contributed by atoms with Crippen molar-refractivity contribution < 1.29 is 30.9 Å². The van der Waals surface area contributed by atoms with Crippen LogP contribution in [-0.2, 0) is 20.2 Å². The summed E-state index contributed by atoms with van der Waals surface area (Å²) in [7, 11) is -9.56. The van der Waals surface area contributed by atoms with Gasteiger partial charge in [0.2, 0.25) is 0 Å². The van der Waals surface area contributed by atoms with Crippen LogP contribution in [0, 0.1) is 10.1 Å². The van der Waals surface area contributed by atoms with Crippen molar-refractivity contribution in [2.45, 2.75) is 9.79 Å². The molecule has 0 aliphatic carbocycles. The highest BCUT2D eigenvalue weighted by molar-refractivity contribution is 7.86. The molecule has 0 atom stereocenters. The van der Waals surface area contributed by atoms with Gasteiger partial charge in [0.1, 0.15) is 9.79 Å². The predicted octanol–water partition coefficient (Wildman–Crippen LogP) is 0.325. The second-order valence-electron chi connectivity index (χ2n) is 4.00. The smallest absolute Gasteiger partial charge is 0.282 e. The van der Waals surface area contributed by atoms with E-state index < -0.39 is 40.6 Å². The van der Waals surface area contributed by atoms with Gasteiger partial charge in [0, 0.05) is 22.9 Å². The van der Waals surface area contributed by atoms with E-state index in [1.165, 1.54) is 0 Å². The summed E-state index contributed by atoms with van der Waals surface area (Å²) in [4.78, 5) is 8.33. The third-order valence-corrected chi connectivity index (χ3v) is 4.47. The van der Waals surface area contributed by atoms with Gasteiger partial charge in [-0.2, -0.15) is 16.8 Å². The molecule has 2 aromatic rings. The van der Waals surface area contributed by atoms with Crippen molar-refractivity contribution in [2.24, 2.45) is 0 Å². The van der Waals surface area contributed by atoms with Gasteiger partial charge in [-0.3, -0.25) is 19.2 Å². The Morgan fingerprint density at radius 3 is 1.91 bits per heavy atom. The Bertz CT molecular complexity index is 968. The monoisotopic (exact) mass is 359 g/mol. The molecule has 2 aromatic carbocycles. The minimum atomic E-state index is -4.83. The summed E-state index contributed by atoms with van der Waals surface area (Å²) in [6.07, 6.45) is 0. The molecule has 0 heterocycles. The third kappa shape index (κ3) is 3.53. The van der Waals surface area contributed by atoms with Crippen LogP contribution in [-0.4, -0.2) is 53.9 Å². The molecule has 9 nitrogen and oxygen atoms in total. The predicted molar refractivity (Wildman–Crippen MR) is 78.8 cm³/mol. The SMILES string of the molecule is O=[N+]([O-])c1cc(S(=O)(=O)O)c2cccc(S(=O)(=O)O)c2c1.[MgH2]. The molecule has 0 saturated carbocycles. The number of hydrogen-bond donors (Lipinski definition) is 2. The summed E-state index contributed by atoms with van der Waals surface area (Å²) >= 11 is 0. The summed E-state index contributed by atoms with van der Waals surface area (Å²) in [5.41, 5.74) is -0.744. The highest BCUT2D eigenvalue weighted by Gasteiger charge is 2.24. The topological polar surface area (TPSA) is 152 Å². The highest BCUT2D eigenvalue weighted by atomic mass is 32.2. The zero-order valence-corrected chi connectivity index (χ0v) is 11.6. The maximum Gasteiger partial charge on any atom is 0.316 e. The zero-order chi connectivity index (χ0) is 16.0. The van der Waals surface area contributed by atoms with Crippen LogP contribution in [0.1, 0.15) is 0 Å². The average Bonchev–Trinajstić information content (AvgIpc) is 2.34. The molecular formula is C10H9MgNO8S2. The minimum Gasteiger partial charge on any atom is -0.282 e. The van der Waals surface area contributed by atoms with E-state index in [9.17, 15) is 26.9 Å². The van der Waals surface area contributed by atoms with Gasteiger partial charge in [-0.1, -0.05) is 12.1 Å². The molecule has 22 heavy (non-hydrogen) atoms. The maximum absolute atomic E-state index is 11.3. The molecule has 0 unspecified atom stereocenters. The fraction of sp³-hybridized carbons (Fsp3) is 0. The van der Waals surface area contributed by atoms with Crippen molar-refractivity contribution in [1.29, 1.82) is 0 Å². The number of nitrogens with zero attached hydrogens (tertiary/aromatic N) is 1. The number of nitro benzene ring substituents is 1. The number of rotatable bonds is 3. The lowest BCUT2D eigenvalue weighted by Gasteiger charge is -2.07. The molecule has 0 aromatic heterocycles. The number of hydrogen-bond acceptors (Lipinski definition) is 6. The largest absolute Gasteiger partial charge is 0.316 e. The van der Waals surface area contributed by atoms with E-state index in [0.717, 1.165) is 24.3 Å². The Labute approximate surface area is 140 Å². The first-order valence-electron chi connectivity index (χ1n) is 5.18. The van der Waals surface area contributed by atoms with Gasteiger partial charge in [-0.05, 0) is 6.07 Å². The van der Waals surface area contributed by atoms with E-state index in [4.69, 9.17) is 9.11 Å². The Morgan fingerprint density at radius 1 is 0.909 bits per heavy atom. The molecule has 0 fully saturated rings. The fourth-order valence-corrected chi connectivity index (χ4v) is 3.28. The second-order valence-corrected chi connectivity index (χ2v) is 6.78. The van der Waals surface area contributed by atoms with E-state index >= 15 is 0 Å². The minimum absolute atomic E-state index is 0. The van der Waals surface area contributed by atoms with Gasteiger partial charge in [0.15, 0.2) is 0 Å². The summed E-state index contributed by atoms with van der Waals surface area (Å²) in [5.74, 6) is 0. The molecule has 0 spiro atoms. The molecule has 0 saturated heterocycles. The van der Waals surface area contributed by atoms with Crippen molar-refractivity contribution in [2.75, 3.05) is 0 Å². The Balaban J connectivity index is 0.00000242. The molecule has 0 aliphatic heterocycles. The van der Waals surface area contributed by atoms with Gasteiger partial charge in [0.05, 0.1) is 4.92 Å². The van der Waals surface area contributed by atoms with Crippen molar-refractivity contribution in [3.63, 3.8) is 0 Å². The molecule has 0 radical (unpaired) electrons. The van der Waals surface area contributed by atoms with Gasteiger partial charge in [-0.15, -0.1) is 0 Å². The zero-order valence-electron chi connectivity index (χ0n) is 9.99. The van der Waals surface area contributed by atoms with E-state index in [2.05, 4.69) is 0 Å². The quantitative estimate of drug-likeness (QED) is 0.344. The van der Waals surface area contributed by atoms with Crippen LogP contribution in [0.15, 0.2) is 40.1 Å². The molecule has 0 bridgehead atoms. The molecule has 0 amide bonds. The van der Waals surface area contributed by atoms with E-state index in [-0.39, 0.29) is 33.8 Å². The Morgan fingerprint density at radius 2 is 1.45 bits per heavy atom. The van der Waals surface area contributed by atoms with Crippen LogP contribution in [0.2, 0.25) is 0 Å². The number of fused-ring (bicyclic) bond motifs is 1. The van der Waals surface area contributed by atoms with Crippen molar-refractivity contribution in [1.82, 2.24) is 0 Å². The number of nitro groups is 1. The normalized spacial score (nSPS) is 11.9. The highest BCUT2D eigenvalue weighted by Crippen LogP contribution is 2.32. The first-order chi connectivity index (χ1) is 9.51. The van der Waals surface area contributed by atoms with Crippen LogP contribution in [0.25, 0.3) is 10.8 Å². The van der Waals surface area contributed by atoms with Gasteiger partial charge < -0.3 is 0 Å². The van der Waals surface area contributed by atoms with Crippen molar-refractivity contribution in [3.8, 4) is 0 Å².